The predicted molar refractivity (Wildman–Crippen MR) is 83.4 cm³/mol. The van der Waals surface area contributed by atoms with Crippen molar-refractivity contribution in [2.45, 2.75) is 39.3 Å². The third-order valence-electron chi connectivity index (χ3n) is 3.57. The molecular formula is C16H28N2O2. The molecule has 2 N–H and O–H groups in total. The van der Waals surface area contributed by atoms with E-state index in [9.17, 15) is 5.11 Å². The zero-order valence-electron chi connectivity index (χ0n) is 13.1. The van der Waals surface area contributed by atoms with E-state index in [1.54, 1.807) is 13.2 Å². The van der Waals surface area contributed by atoms with Crippen molar-refractivity contribution in [3.8, 4) is 11.5 Å². The average Bonchev–Trinajstić information content (AvgIpc) is 2.43. The minimum atomic E-state index is 0.188. The monoisotopic (exact) mass is 280 g/mol. The average molecular weight is 280 g/mol. The number of phenols is 1. The number of nitrogens with one attached hydrogen (secondary N) is 1. The first-order valence-corrected chi connectivity index (χ1v) is 7.31. The summed E-state index contributed by atoms with van der Waals surface area (Å²) in [7, 11) is 3.73. The first-order valence-electron chi connectivity index (χ1n) is 7.31. The van der Waals surface area contributed by atoms with E-state index in [0.717, 1.165) is 25.2 Å². The molecule has 0 aliphatic rings. The van der Waals surface area contributed by atoms with Gasteiger partial charge in [0.2, 0.25) is 0 Å². The fraction of sp³-hybridized carbons (Fsp3) is 0.625. The molecule has 20 heavy (non-hydrogen) atoms. The van der Waals surface area contributed by atoms with E-state index in [0.29, 0.717) is 11.8 Å². The first kappa shape index (κ1) is 16.8. The minimum Gasteiger partial charge on any atom is -0.504 e. The molecule has 0 radical (unpaired) electrons. The number of unbranched alkanes of at least 4 members (excludes halogenated alkanes) is 1. The molecule has 0 fully saturated rings. The normalized spacial score (nSPS) is 11.3. The van der Waals surface area contributed by atoms with Crippen molar-refractivity contribution < 1.29 is 9.84 Å². The molecular weight excluding hydrogens is 252 g/mol. The smallest absolute Gasteiger partial charge is 0.160 e. The Morgan fingerprint density at radius 1 is 1.30 bits per heavy atom. The summed E-state index contributed by atoms with van der Waals surface area (Å²) in [4.78, 5) is 2.37. The Hall–Kier alpha value is -1.26. The Kier molecular flexibility index (Phi) is 7.41. The van der Waals surface area contributed by atoms with Crippen molar-refractivity contribution in [3.63, 3.8) is 0 Å². The van der Waals surface area contributed by atoms with Gasteiger partial charge in [0.05, 0.1) is 7.11 Å². The van der Waals surface area contributed by atoms with Gasteiger partial charge < -0.3 is 20.1 Å². The number of benzene rings is 1. The second-order valence-corrected chi connectivity index (χ2v) is 5.46. The van der Waals surface area contributed by atoms with Gasteiger partial charge in [0.25, 0.3) is 0 Å². The molecule has 0 saturated carbocycles. The van der Waals surface area contributed by atoms with Gasteiger partial charge in [0.15, 0.2) is 11.5 Å². The number of phenolic OH excluding ortho intramolecular Hbond substituents is 1. The van der Waals surface area contributed by atoms with E-state index in [1.165, 1.54) is 12.8 Å². The molecule has 4 heteroatoms. The van der Waals surface area contributed by atoms with Crippen LogP contribution in [0.2, 0.25) is 0 Å². The fourth-order valence-electron chi connectivity index (χ4n) is 1.93. The van der Waals surface area contributed by atoms with Gasteiger partial charge in [0, 0.05) is 12.6 Å². The molecule has 0 heterocycles. The van der Waals surface area contributed by atoms with Gasteiger partial charge in [-0.15, -0.1) is 0 Å². The van der Waals surface area contributed by atoms with Gasteiger partial charge in [-0.2, -0.15) is 0 Å². The number of nitrogens with zero attached hydrogens (tertiary/aromatic N) is 1. The predicted octanol–water partition coefficient (Wildman–Crippen LogP) is 2.61. The topological polar surface area (TPSA) is 44.7 Å². The summed E-state index contributed by atoms with van der Waals surface area (Å²) in [5.74, 6) is 0.718. The summed E-state index contributed by atoms with van der Waals surface area (Å²) in [5.41, 5.74) is 1.12. The van der Waals surface area contributed by atoms with Crippen molar-refractivity contribution in [1.29, 1.82) is 0 Å². The van der Waals surface area contributed by atoms with Crippen LogP contribution < -0.4 is 10.1 Å². The largest absolute Gasteiger partial charge is 0.504 e. The van der Waals surface area contributed by atoms with Crippen LogP contribution in [0.5, 0.6) is 11.5 Å². The quantitative estimate of drug-likeness (QED) is 0.683. The maximum absolute atomic E-state index is 9.52. The van der Waals surface area contributed by atoms with Gasteiger partial charge >= 0.3 is 0 Å². The van der Waals surface area contributed by atoms with E-state index < -0.39 is 0 Å². The maximum Gasteiger partial charge on any atom is 0.160 e. The molecule has 0 unspecified atom stereocenters. The van der Waals surface area contributed by atoms with Crippen LogP contribution >= 0.6 is 0 Å². The highest BCUT2D eigenvalue weighted by atomic mass is 16.5. The van der Waals surface area contributed by atoms with Crippen LogP contribution in [0, 0.1) is 0 Å². The second kappa shape index (κ2) is 8.82. The van der Waals surface area contributed by atoms with Gasteiger partial charge in [-0.25, -0.2) is 0 Å². The number of hydrogen-bond donors (Lipinski definition) is 2. The zero-order valence-corrected chi connectivity index (χ0v) is 13.1. The van der Waals surface area contributed by atoms with Crippen LogP contribution in [0.4, 0.5) is 0 Å². The van der Waals surface area contributed by atoms with Crippen molar-refractivity contribution in [2.75, 3.05) is 27.2 Å². The Morgan fingerprint density at radius 2 is 2.05 bits per heavy atom. The Labute approximate surface area is 122 Å². The van der Waals surface area contributed by atoms with E-state index in [1.807, 2.05) is 12.1 Å². The van der Waals surface area contributed by atoms with Crippen molar-refractivity contribution in [1.82, 2.24) is 10.2 Å². The summed E-state index contributed by atoms with van der Waals surface area (Å²) >= 11 is 0. The van der Waals surface area contributed by atoms with Crippen LogP contribution in [-0.4, -0.2) is 43.3 Å². The van der Waals surface area contributed by atoms with Crippen LogP contribution in [0.3, 0.4) is 0 Å². The highest BCUT2D eigenvalue weighted by Crippen LogP contribution is 2.26. The van der Waals surface area contributed by atoms with E-state index in [-0.39, 0.29) is 5.75 Å². The van der Waals surface area contributed by atoms with Crippen molar-refractivity contribution in [3.05, 3.63) is 23.8 Å². The molecule has 0 atom stereocenters. The summed E-state index contributed by atoms with van der Waals surface area (Å²) in [6, 6.07) is 6.08. The zero-order chi connectivity index (χ0) is 15.0. The SMILES string of the molecule is COc1cc(CNCCCCN(C)C(C)C)ccc1O. The summed E-state index contributed by atoms with van der Waals surface area (Å²) in [6.45, 7) is 7.39. The highest BCUT2D eigenvalue weighted by molar-refractivity contribution is 5.41. The van der Waals surface area contributed by atoms with Crippen LogP contribution in [0.15, 0.2) is 18.2 Å². The first-order chi connectivity index (χ1) is 9.54. The highest BCUT2D eigenvalue weighted by Gasteiger charge is 2.03. The number of aromatic hydroxyl groups is 1. The van der Waals surface area contributed by atoms with Gasteiger partial charge in [-0.3, -0.25) is 0 Å². The Morgan fingerprint density at radius 3 is 2.70 bits per heavy atom. The molecule has 0 aliphatic heterocycles. The molecule has 114 valence electrons. The number of ether oxygens (including phenoxy) is 1. The molecule has 0 aliphatic carbocycles. The van der Waals surface area contributed by atoms with E-state index in [4.69, 9.17) is 4.74 Å². The fourth-order valence-corrected chi connectivity index (χ4v) is 1.93. The third-order valence-corrected chi connectivity index (χ3v) is 3.57. The summed E-state index contributed by atoms with van der Waals surface area (Å²) in [5, 5.41) is 12.9. The lowest BCUT2D eigenvalue weighted by molar-refractivity contribution is 0.268. The standard InChI is InChI=1S/C16H28N2O2/c1-13(2)18(3)10-6-5-9-17-12-14-7-8-15(19)16(11-14)20-4/h7-8,11,13,17,19H,5-6,9-10,12H2,1-4H3. The van der Waals surface area contributed by atoms with E-state index >= 15 is 0 Å². The molecule has 0 aromatic heterocycles. The summed E-state index contributed by atoms with van der Waals surface area (Å²) in [6.07, 6.45) is 2.38. The molecule has 1 aromatic carbocycles. The summed E-state index contributed by atoms with van der Waals surface area (Å²) < 4.78 is 5.10. The van der Waals surface area contributed by atoms with Crippen LogP contribution in [0.1, 0.15) is 32.3 Å². The lowest BCUT2D eigenvalue weighted by atomic mass is 10.2. The molecule has 0 bridgehead atoms. The lowest BCUT2D eigenvalue weighted by Gasteiger charge is -2.20. The molecule has 1 rings (SSSR count). The molecule has 4 nitrogen and oxygen atoms in total. The molecule has 0 amide bonds. The minimum absolute atomic E-state index is 0.188. The van der Waals surface area contributed by atoms with Gasteiger partial charge in [0.1, 0.15) is 0 Å². The molecule has 0 spiro atoms. The molecule has 0 saturated heterocycles. The van der Waals surface area contributed by atoms with Gasteiger partial charge in [-0.1, -0.05) is 6.07 Å². The van der Waals surface area contributed by atoms with E-state index in [2.05, 4.69) is 31.1 Å². The Bertz CT molecular complexity index is 394. The van der Waals surface area contributed by atoms with Crippen molar-refractivity contribution in [2.24, 2.45) is 0 Å². The number of rotatable bonds is 9. The number of methoxy groups -OCH3 is 1. The van der Waals surface area contributed by atoms with Gasteiger partial charge in [-0.05, 0) is 64.5 Å². The molecule has 1 aromatic rings. The lowest BCUT2D eigenvalue weighted by Crippen LogP contribution is -2.27. The third kappa shape index (κ3) is 5.80. The Balaban J connectivity index is 2.18. The van der Waals surface area contributed by atoms with Crippen LogP contribution in [-0.2, 0) is 6.54 Å². The number of hydrogen-bond acceptors (Lipinski definition) is 4. The second-order valence-electron chi connectivity index (χ2n) is 5.46. The van der Waals surface area contributed by atoms with Crippen LogP contribution in [0.25, 0.3) is 0 Å². The maximum atomic E-state index is 9.52. The van der Waals surface area contributed by atoms with Crippen molar-refractivity contribution >= 4 is 0 Å².